The number of nitrogens with two attached hydrogens (primary N) is 5. The van der Waals surface area contributed by atoms with Crippen molar-refractivity contribution in [3.63, 3.8) is 0 Å². The van der Waals surface area contributed by atoms with Crippen molar-refractivity contribution < 1.29 is 47.9 Å². The summed E-state index contributed by atoms with van der Waals surface area (Å²) in [6.45, 7) is 4.86. The molecule has 0 saturated carbocycles. The molecular weight excluding hydrogens is 795 g/mol. The van der Waals surface area contributed by atoms with Crippen molar-refractivity contribution in [2.45, 2.75) is 108 Å². The summed E-state index contributed by atoms with van der Waals surface area (Å²) in [4.78, 5) is 128. The van der Waals surface area contributed by atoms with Gasteiger partial charge in [0, 0.05) is 19.3 Å². The Bertz CT molecular complexity index is 1880. The molecule has 7 atom stereocenters. The second-order valence-electron chi connectivity index (χ2n) is 14.9. The number of rotatable bonds is 26. The van der Waals surface area contributed by atoms with Crippen LogP contribution >= 0.6 is 0 Å². The van der Waals surface area contributed by atoms with Crippen LogP contribution in [-0.4, -0.2) is 101 Å². The maximum Gasteiger partial charge on any atom is 0.243 e. The van der Waals surface area contributed by atoms with Crippen molar-refractivity contribution >= 4 is 59.1 Å². The van der Waals surface area contributed by atoms with Crippen LogP contribution in [-0.2, 0) is 60.8 Å². The van der Waals surface area contributed by atoms with Crippen LogP contribution in [0.15, 0.2) is 60.7 Å². The number of hydrogen-bond acceptors (Lipinski definition) is 11. The SMILES string of the molecule is CC(C)C[C@H](NC(=O)[C@@H](N)CC(N)=O)C(=O)N[C@@H](Cc1ccccc1)C(=O)N[C@@H](CCC(N)=O)C(=O)N[C@@H](C)C(=O)N[C@@H](Cc1ccccc1)C(=O)N[C@@H](CC(N)=O)C(N)=O. The molecule has 0 radical (unpaired) electrons. The van der Waals surface area contributed by atoms with Gasteiger partial charge in [0.2, 0.25) is 59.1 Å². The number of amides is 10. The van der Waals surface area contributed by atoms with Gasteiger partial charge in [0.15, 0.2) is 0 Å². The summed E-state index contributed by atoms with van der Waals surface area (Å²) >= 11 is 0. The van der Waals surface area contributed by atoms with E-state index >= 15 is 0 Å². The normalized spacial score (nSPS) is 14.3. The molecule has 0 bridgehead atoms. The van der Waals surface area contributed by atoms with E-state index in [0.29, 0.717) is 11.1 Å². The lowest BCUT2D eigenvalue weighted by atomic mass is 10.00. The summed E-state index contributed by atoms with van der Waals surface area (Å²) in [7, 11) is 0. The largest absolute Gasteiger partial charge is 0.370 e. The molecule has 0 unspecified atom stereocenters. The van der Waals surface area contributed by atoms with Gasteiger partial charge in [-0.2, -0.15) is 0 Å². The van der Waals surface area contributed by atoms with Crippen LogP contribution in [0.1, 0.15) is 64.0 Å². The van der Waals surface area contributed by atoms with E-state index in [1.165, 1.54) is 6.92 Å². The van der Waals surface area contributed by atoms with Crippen molar-refractivity contribution in [3.8, 4) is 0 Å². The van der Waals surface area contributed by atoms with Crippen LogP contribution in [0.25, 0.3) is 0 Å². The van der Waals surface area contributed by atoms with Gasteiger partial charge in [-0.05, 0) is 36.8 Å². The Morgan fingerprint density at radius 1 is 0.475 bits per heavy atom. The molecule has 0 heterocycles. The van der Waals surface area contributed by atoms with Crippen LogP contribution in [0.4, 0.5) is 0 Å². The van der Waals surface area contributed by atoms with Crippen molar-refractivity contribution in [1.29, 1.82) is 0 Å². The summed E-state index contributed by atoms with van der Waals surface area (Å²) in [5.74, 6) is -8.92. The van der Waals surface area contributed by atoms with Gasteiger partial charge < -0.3 is 60.6 Å². The number of benzene rings is 2. The highest BCUT2D eigenvalue weighted by Crippen LogP contribution is 2.11. The van der Waals surface area contributed by atoms with Gasteiger partial charge >= 0.3 is 0 Å². The molecule has 0 aliphatic rings. The molecular formula is C40H57N11O10. The molecule has 10 amide bonds. The molecule has 0 aromatic heterocycles. The smallest absolute Gasteiger partial charge is 0.243 e. The van der Waals surface area contributed by atoms with Crippen LogP contribution in [0.3, 0.4) is 0 Å². The maximum atomic E-state index is 14.0. The molecule has 0 spiro atoms. The third kappa shape index (κ3) is 18.7. The molecule has 0 aliphatic heterocycles. The predicted octanol–water partition coefficient (Wildman–Crippen LogP) is -3.72. The fraction of sp³-hybridized carbons (Fsp3) is 0.450. The Morgan fingerprint density at radius 3 is 1.33 bits per heavy atom. The number of carbonyl (C=O) groups excluding carboxylic acids is 10. The Morgan fingerprint density at radius 2 is 0.885 bits per heavy atom. The fourth-order valence-corrected chi connectivity index (χ4v) is 5.88. The van der Waals surface area contributed by atoms with Gasteiger partial charge in [0.05, 0.1) is 18.9 Å². The number of primary amides is 4. The van der Waals surface area contributed by atoms with E-state index in [1.807, 2.05) is 0 Å². The minimum atomic E-state index is -1.49. The van der Waals surface area contributed by atoms with Gasteiger partial charge in [0.25, 0.3) is 0 Å². The number of nitrogens with one attached hydrogen (secondary N) is 6. The zero-order valence-corrected chi connectivity index (χ0v) is 34.3. The summed E-state index contributed by atoms with van der Waals surface area (Å²) < 4.78 is 0. The lowest BCUT2D eigenvalue weighted by Gasteiger charge is -2.27. The van der Waals surface area contributed by atoms with E-state index in [1.54, 1.807) is 74.5 Å². The van der Waals surface area contributed by atoms with E-state index in [9.17, 15) is 47.9 Å². The van der Waals surface area contributed by atoms with Crippen molar-refractivity contribution in [3.05, 3.63) is 71.8 Å². The molecule has 0 aliphatic carbocycles. The van der Waals surface area contributed by atoms with Crippen molar-refractivity contribution in [2.75, 3.05) is 0 Å². The molecule has 16 N–H and O–H groups in total. The quantitative estimate of drug-likeness (QED) is 0.0437. The minimum Gasteiger partial charge on any atom is -0.370 e. The molecule has 2 aromatic rings. The third-order valence-corrected chi connectivity index (χ3v) is 9.06. The molecule has 2 rings (SSSR count). The Hall–Kier alpha value is -6.90. The van der Waals surface area contributed by atoms with E-state index in [2.05, 4.69) is 31.9 Å². The first kappa shape index (κ1) is 50.2. The van der Waals surface area contributed by atoms with E-state index in [-0.39, 0.29) is 38.0 Å². The first-order valence-corrected chi connectivity index (χ1v) is 19.5. The number of carbonyl (C=O) groups is 10. The highest BCUT2D eigenvalue weighted by Gasteiger charge is 2.33. The van der Waals surface area contributed by atoms with Crippen LogP contribution in [0.5, 0.6) is 0 Å². The maximum absolute atomic E-state index is 14.0. The van der Waals surface area contributed by atoms with Crippen molar-refractivity contribution in [1.82, 2.24) is 31.9 Å². The lowest BCUT2D eigenvalue weighted by Crippen LogP contribution is -2.60. The summed E-state index contributed by atoms with van der Waals surface area (Å²) in [6, 6.07) is 7.40. The fourth-order valence-electron chi connectivity index (χ4n) is 5.88. The van der Waals surface area contributed by atoms with Crippen LogP contribution in [0, 0.1) is 5.92 Å². The second-order valence-corrected chi connectivity index (χ2v) is 14.9. The standard InChI is InChI=1S/C40H57N11O10/c1-21(2)16-28(50-36(57)25(41)19-32(43)53)38(59)51-30(18-24-12-8-5-9-13-24)39(60)47-26(14-15-31(42)52)37(58)46-22(3)35(56)49-29(17-23-10-6-4-7-11-23)40(61)48-27(34(45)55)20-33(44)54/h4-13,21-22,25-30H,14-20,41H2,1-3H3,(H2,42,52)(H2,43,53)(H2,44,54)(H2,45,55)(H,46,58)(H,47,60)(H,48,61)(H,49,56)(H,50,57)(H,51,59)/t22-,25-,26-,27-,28-,29-,30-/m0/s1. The second kappa shape index (κ2) is 24.9. The highest BCUT2D eigenvalue weighted by molar-refractivity contribution is 5.98. The lowest BCUT2D eigenvalue weighted by molar-refractivity contribution is -0.135. The Balaban J connectivity index is 2.35. The summed E-state index contributed by atoms with van der Waals surface area (Å²) in [5, 5.41) is 15.0. The molecule has 332 valence electrons. The predicted molar refractivity (Wildman–Crippen MR) is 220 cm³/mol. The molecule has 0 saturated heterocycles. The van der Waals surface area contributed by atoms with Crippen molar-refractivity contribution in [2.24, 2.45) is 34.6 Å². The number of hydrogen-bond donors (Lipinski definition) is 11. The highest BCUT2D eigenvalue weighted by atomic mass is 16.2. The van der Waals surface area contributed by atoms with Gasteiger partial charge in [-0.3, -0.25) is 47.9 Å². The van der Waals surface area contributed by atoms with Gasteiger partial charge in [0.1, 0.15) is 36.3 Å². The molecule has 0 fully saturated rings. The summed E-state index contributed by atoms with van der Waals surface area (Å²) in [5.41, 5.74) is 28.1. The van der Waals surface area contributed by atoms with Crippen LogP contribution in [0.2, 0.25) is 0 Å². The topological polar surface area (TPSA) is 373 Å². The molecule has 21 nitrogen and oxygen atoms in total. The zero-order valence-electron chi connectivity index (χ0n) is 34.3. The Labute approximate surface area is 352 Å². The molecule has 2 aromatic carbocycles. The van der Waals surface area contributed by atoms with E-state index in [4.69, 9.17) is 28.7 Å². The minimum absolute atomic E-state index is 0.0885. The average Bonchev–Trinajstić information content (AvgIpc) is 3.18. The van der Waals surface area contributed by atoms with Gasteiger partial charge in [-0.15, -0.1) is 0 Å². The van der Waals surface area contributed by atoms with E-state index < -0.39 is 114 Å². The first-order chi connectivity index (χ1) is 28.7. The first-order valence-electron chi connectivity index (χ1n) is 19.5. The third-order valence-electron chi connectivity index (χ3n) is 9.06. The summed E-state index contributed by atoms with van der Waals surface area (Å²) in [6.07, 6.45) is -1.86. The molecule has 61 heavy (non-hydrogen) atoms. The van der Waals surface area contributed by atoms with E-state index in [0.717, 1.165) is 0 Å². The van der Waals surface area contributed by atoms with Crippen LogP contribution < -0.4 is 60.6 Å². The zero-order chi connectivity index (χ0) is 45.8. The van der Waals surface area contributed by atoms with Gasteiger partial charge in [-0.1, -0.05) is 74.5 Å². The molecule has 21 heteroatoms. The Kier molecular flexibility index (Phi) is 20.5. The average molecular weight is 852 g/mol. The van der Waals surface area contributed by atoms with Gasteiger partial charge in [-0.25, -0.2) is 0 Å². The monoisotopic (exact) mass is 851 g/mol.